The van der Waals surface area contributed by atoms with Crippen molar-refractivity contribution in [2.45, 2.75) is 25.7 Å². The minimum Gasteiger partial charge on any atom is -0.481 e. The van der Waals surface area contributed by atoms with Crippen LogP contribution in [0.15, 0.2) is 24.3 Å². The number of nitrogens with zero attached hydrogens (tertiary/aromatic N) is 1. The Morgan fingerprint density at radius 2 is 1.85 bits per heavy atom. The van der Waals surface area contributed by atoms with E-state index in [0.717, 1.165) is 19.3 Å². The second kappa shape index (κ2) is 6.93. The molecule has 0 bridgehead atoms. The summed E-state index contributed by atoms with van der Waals surface area (Å²) in [6.45, 7) is 1.57. The lowest BCUT2D eigenvalue weighted by Gasteiger charge is -2.26. The van der Waals surface area contributed by atoms with Gasteiger partial charge < -0.3 is 15.3 Å². The van der Waals surface area contributed by atoms with Gasteiger partial charge in [-0.25, -0.2) is 4.79 Å². The lowest BCUT2D eigenvalue weighted by molar-refractivity contribution is -0.136. The van der Waals surface area contributed by atoms with Crippen molar-refractivity contribution in [3.05, 3.63) is 35.4 Å². The highest BCUT2D eigenvalue weighted by Crippen LogP contribution is 2.15. The van der Waals surface area contributed by atoms with E-state index < -0.39 is 5.97 Å². The van der Waals surface area contributed by atoms with Crippen molar-refractivity contribution < 1.29 is 14.7 Å². The van der Waals surface area contributed by atoms with Crippen LogP contribution in [0, 0.1) is 0 Å². The third-order valence-corrected chi connectivity index (χ3v) is 3.55. The summed E-state index contributed by atoms with van der Waals surface area (Å²) >= 11 is 0. The molecule has 20 heavy (non-hydrogen) atoms. The Morgan fingerprint density at radius 3 is 2.55 bits per heavy atom. The molecule has 0 fully saturated rings. The summed E-state index contributed by atoms with van der Waals surface area (Å²) in [6.07, 6.45) is 2.73. The van der Waals surface area contributed by atoms with Crippen LogP contribution in [0.25, 0.3) is 0 Å². The number of carbonyl (C=O) groups is 2. The highest BCUT2D eigenvalue weighted by atomic mass is 16.4. The molecule has 2 rings (SSSR count). The van der Waals surface area contributed by atoms with Crippen molar-refractivity contribution >= 4 is 12.0 Å². The number of benzene rings is 1. The Bertz CT molecular complexity index is 488. The van der Waals surface area contributed by atoms with Crippen LogP contribution in [-0.4, -0.2) is 41.6 Å². The normalized spacial score (nSPS) is 14.9. The second-order valence-corrected chi connectivity index (χ2v) is 4.98. The van der Waals surface area contributed by atoms with Crippen molar-refractivity contribution in [1.29, 1.82) is 0 Å². The fourth-order valence-corrected chi connectivity index (χ4v) is 2.46. The predicted octanol–water partition coefficient (Wildman–Crippen LogP) is 1.66. The molecular weight excluding hydrogens is 256 g/mol. The molecule has 0 spiro atoms. The van der Waals surface area contributed by atoms with Crippen molar-refractivity contribution in [2.24, 2.45) is 0 Å². The van der Waals surface area contributed by atoms with Gasteiger partial charge in [0.25, 0.3) is 0 Å². The van der Waals surface area contributed by atoms with E-state index in [1.807, 2.05) is 6.07 Å². The van der Waals surface area contributed by atoms with Crippen LogP contribution in [0.1, 0.15) is 24.0 Å². The molecule has 0 aliphatic carbocycles. The number of nitrogens with one attached hydrogen (secondary N) is 1. The fourth-order valence-electron chi connectivity index (χ4n) is 2.46. The molecule has 1 aliphatic heterocycles. The number of hydrogen-bond acceptors (Lipinski definition) is 2. The van der Waals surface area contributed by atoms with E-state index in [9.17, 15) is 9.59 Å². The van der Waals surface area contributed by atoms with Crippen LogP contribution in [0.4, 0.5) is 4.79 Å². The molecular formula is C15H20N2O3. The Kier molecular flexibility index (Phi) is 4.98. The number of fused-ring (bicyclic) bond motifs is 1. The zero-order valence-electron chi connectivity index (χ0n) is 11.5. The Morgan fingerprint density at radius 1 is 1.15 bits per heavy atom. The molecule has 1 heterocycles. The van der Waals surface area contributed by atoms with Gasteiger partial charge in [-0.15, -0.1) is 0 Å². The van der Waals surface area contributed by atoms with Gasteiger partial charge in [-0.2, -0.15) is 0 Å². The SMILES string of the molecule is O=C(O)CCNC(=O)N1CCCc2ccccc2CC1. The molecule has 0 saturated heterocycles. The molecule has 1 aliphatic rings. The summed E-state index contributed by atoms with van der Waals surface area (Å²) in [7, 11) is 0. The first-order chi connectivity index (χ1) is 9.66. The first-order valence-corrected chi connectivity index (χ1v) is 6.98. The summed E-state index contributed by atoms with van der Waals surface area (Å²) < 4.78 is 0. The fraction of sp³-hybridized carbons (Fsp3) is 0.467. The highest BCUT2D eigenvalue weighted by Gasteiger charge is 2.16. The summed E-state index contributed by atoms with van der Waals surface area (Å²) in [5, 5.41) is 11.2. The number of urea groups is 1. The number of amides is 2. The first kappa shape index (κ1) is 14.4. The standard InChI is InChI=1S/C15H20N2O3/c18-14(19)7-9-16-15(20)17-10-3-6-12-4-1-2-5-13(12)8-11-17/h1-2,4-5H,3,6-11H2,(H,16,20)(H,18,19). The van der Waals surface area contributed by atoms with Crippen molar-refractivity contribution in [2.75, 3.05) is 19.6 Å². The monoisotopic (exact) mass is 276 g/mol. The molecule has 0 saturated carbocycles. The second-order valence-electron chi connectivity index (χ2n) is 4.98. The van der Waals surface area contributed by atoms with Crippen molar-refractivity contribution in [1.82, 2.24) is 10.2 Å². The Balaban J connectivity index is 1.88. The van der Waals surface area contributed by atoms with Gasteiger partial charge in [0.1, 0.15) is 0 Å². The van der Waals surface area contributed by atoms with Crippen LogP contribution in [-0.2, 0) is 17.6 Å². The molecule has 1 aromatic rings. The third kappa shape index (κ3) is 3.98. The molecule has 0 radical (unpaired) electrons. The third-order valence-electron chi connectivity index (χ3n) is 3.55. The van der Waals surface area contributed by atoms with Crippen molar-refractivity contribution in [3.63, 3.8) is 0 Å². The molecule has 0 unspecified atom stereocenters. The molecule has 2 N–H and O–H groups in total. The maximum Gasteiger partial charge on any atom is 0.317 e. The predicted molar refractivity (Wildman–Crippen MR) is 75.7 cm³/mol. The van der Waals surface area contributed by atoms with Gasteiger partial charge in [0.15, 0.2) is 0 Å². The minimum atomic E-state index is -0.896. The average Bonchev–Trinajstić information content (AvgIpc) is 2.39. The number of aryl methyl sites for hydroxylation is 1. The van der Waals surface area contributed by atoms with Crippen LogP contribution in [0.5, 0.6) is 0 Å². The zero-order valence-corrected chi connectivity index (χ0v) is 11.5. The Labute approximate surface area is 118 Å². The van der Waals surface area contributed by atoms with E-state index in [2.05, 4.69) is 23.5 Å². The molecule has 108 valence electrons. The molecule has 0 aromatic heterocycles. The van der Waals surface area contributed by atoms with Gasteiger partial charge in [-0.1, -0.05) is 24.3 Å². The quantitative estimate of drug-likeness (QED) is 0.882. The lowest BCUT2D eigenvalue weighted by Crippen LogP contribution is -2.43. The summed E-state index contributed by atoms with van der Waals surface area (Å²) in [6, 6.07) is 8.18. The smallest absolute Gasteiger partial charge is 0.317 e. The van der Waals surface area contributed by atoms with E-state index in [0.29, 0.717) is 13.1 Å². The number of carboxylic acids is 1. The molecule has 5 heteroatoms. The van der Waals surface area contributed by atoms with E-state index in [1.54, 1.807) is 4.90 Å². The van der Waals surface area contributed by atoms with E-state index in [-0.39, 0.29) is 19.0 Å². The molecule has 0 atom stereocenters. The van der Waals surface area contributed by atoms with Gasteiger partial charge in [0, 0.05) is 19.6 Å². The Hall–Kier alpha value is -2.04. The lowest BCUT2D eigenvalue weighted by atomic mass is 9.98. The average molecular weight is 276 g/mol. The van der Waals surface area contributed by atoms with Crippen LogP contribution in [0.3, 0.4) is 0 Å². The van der Waals surface area contributed by atoms with Crippen LogP contribution < -0.4 is 5.32 Å². The molecule has 1 aromatic carbocycles. The van der Waals surface area contributed by atoms with Gasteiger partial charge in [-0.3, -0.25) is 4.79 Å². The molecule has 5 nitrogen and oxygen atoms in total. The van der Waals surface area contributed by atoms with Gasteiger partial charge >= 0.3 is 12.0 Å². The van der Waals surface area contributed by atoms with Gasteiger partial charge in [-0.05, 0) is 30.4 Å². The minimum absolute atomic E-state index is 0.0393. The summed E-state index contributed by atoms with van der Waals surface area (Å²) in [5.41, 5.74) is 2.67. The first-order valence-electron chi connectivity index (χ1n) is 6.98. The molecule has 2 amide bonds. The van der Waals surface area contributed by atoms with E-state index in [1.165, 1.54) is 11.1 Å². The number of aliphatic carboxylic acids is 1. The van der Waals surface area contributed by atoms with E-state index >= 15 is 0 Å². The maximum absolute atomic E-state index is 12.0. The number of carboxylic acid groups (broad SMARTS) is 1. The highest BCUT2D eigenvalue weighted by molar-refractivity contribution is 5.75. The summed E-state index contributed by atoms with van der Waals surface area (Å²) in [4.78, 5) is 24.2. The van der Waals surface area contributed by atoms with Crippen LogP contribution >= 0.6 is 0 Å². The van der Waals surface area contributed by atoms with E-state index in [4.69, 9.17) is 5.11 Å². The van der Waals surface area contributed by atoms with Crippen molar-refractivity contribution in [3.8, 4) is 0 Å². The summed E-state index contributed by atoms with van der Waals surface area (Å²) in [5.74, 6) is -0.896. The number of rotatable bonds is 3. The zero-order chi connectivity index (χ0) is 14.4. The topological polar surface area (TPSA) is 69.6 Å². The number of hydrogen-bond donors (Lipinski definition) is 2. The maximum atomic E-state index is 12.0. The number of carbonyl (C=O) groups excluding carboxylic acids is 1. The largest absolute Gasteiger partial charge is 0.481 e. The van der Waals surface area contributed by atoms with Gasteiger partial charge in [0.2, 0.25) is 0 Å². The van der Waals surface area contributed by atoms with Crippen LogP contribution in [0.2, 0.25) is 0 Å². The van der Waals surface area contributed by atoms with Gasteiger partial charge in [0.05, 0.1) is 6.42 Å².